The third kappa shape index (κ3) is 5.95. The molecule has 2 N–H and O–H groups in total. The zero-order chi connectivity index (χ0) is 21.9. The number of benzene rings is 2. The summed E-state index contributed by atoms with van der Waals surface area (Å²) in [6.45, 7) is 6.06. The van der Waals surface area contributed by atoms with Crippen LogP contribution >= 0.6 is 0 Å². The lowest BCUT2D eigenvalue weighted by Crippen LogP contribution is -2.38. The van der Waals surface area contributed by atoms with Gasteiger partial charge in [-0.1, -0.05) is 17.7 Å². The van der Waals surface area contributed by atoms with Crippen LogP contribution in [0.5, 0.6) is 23.0 Å². The number of hydrogen-bond donors (Lipinski definition) is 2. The van der Waals surface area contributed by atoms with Gasteiger partial charge in [0, 0.05) is 18.7 Å². The van der Waals surface area contributed by atoms with E-state index in [1.54, 1.807) is 28.4 Å². The Hall–Kier alpha value is -3.09. The van der Waals surface area contributed by atoms with Gasteiger partial charge < -0.3 is 29.6 Å². The maximum atomic E-state index is 5.55. The Morgan fingerprint density at radius 2 is 1.53 bits per heavy atom. The third-order valence-corrected chi connectivity index (χ3v) is 4.66. The number of methoxy groups -OCH3 is 4. The van der Waals surface area contributed by atoms with Crippen molar-refractivity contribution in [1.29, 1.82) is 0 Å². The van der Waals surface area contributed by atoms with Gasteiger partial charge in [0.05, 0.1) is 35.0 Å². The van der Waals surface area contributed by atoms with Crippen molar-refractivity contribution in [3.63, 3.8) is 0 Å². The molecule has 0 fully saturated rings. The van der Waals surface area contributed by atoms with Crippen molar-refractivity contribution in [2.24, 2.45) is 4.99 Å². The highest BCUT2D eigenvalue weighted by molar-refractivity contribution is 5.79. The molecule has 30 heavy (non-hydrogen) atoms. The second-order valence-electron chi connectivity index (χ2n) is 6.68. The molecule has 0 aliphatic heterocycles. The van der Waals surface area contributed by atoms with E-state index in [-0.39, 0.29) is 0 Å². The minimum absolute atomic E-state index is 0.437. The molecule has 0 radical (unpaired) electrons. The molecule has 0 spiro atoms. The van der Waals surface area contributed by atoms with E-state index in [0.29, 0.717) is 23.8 Å². The lowest BCUT2D eigenvalue weighted by molar-refractivity contribution is 0.322. The Balaban J connectivity index is 2.11. The topological polar surface area (TPSA) is 73.3 Å². The lowest BCUT2D eigenvalue weighted by Gasteiger charge is -2.16. The van der Waals surface area contributed by atoms with Gasteiger partial charge in [-0.3, -0.25) is 0 Å². The van der Waals surface area contributed by atoms with Crippen molar-refractivity contribution >= 4 is 5.96 Å². The molecule has 0 unspecified atom stereocenters. The van der Waals surface area contributed by atoms with Crippen LogP contribution in [0.15, 0.2) is 35.3 Å². The predicted molar refractivity (Wildman–Crippen MR) is 120 cm³/mol. The third-order valence-electron chi connectivity index (χ3n) is 4.66. The molecule has 0 bridgehead atoms. The molecule has 164 valence electrons. The summed E-state index contributed by atoms with van der Waals surface area (Å²) < 4.78 is 21.8. The Morgan fingerprint density at radius 1 is 0.833 bits per heavy atom. The van der Waals surface area contributed by atoms with E-state index in [9.17, 15) is 0 Å². The summed E-state index contributed by atoms with van der Waals surface area (Å²) in [5.74, 6) is 3.46. The fraction of sp³-hybridized carbons (Fsp3) is 0.435. The molecular weight excluding hydrogens is 382 g/mol. The van der Waals surface area contributed by atoms with Crippen molar-refractivity contribution < 1.29 is 18.9 Å². The number of hydrogen-bond acceptors (Lipinski definition) is 5. The molecule has 0 aliphatic carbocycles. The highest BCUT2D eigenvalue weighted by Crippen LogP contribution is 2.39. The van der Waals surface area contributed by atoms with Crippen LogP contribution in [0.25, 0.3) is 0 Å². The van der Waals surface area contributed by atoms with E-state index in [1.807, 2.05) is 25.1 Å². The number of guanidine groups is 1. The monoisotopic (exact) mass is 415 g/mol. The predicted octanol–water partition coefficient (Wildman–Crippen LogP) is 3.33. The first-order valence-electron chi connectivity index (χ1n) is 10.0. The van der Waals surface area contributed by atoms with Crippen LogP contribution in [-0.4, -0.2) is 47.5 Å². The van der Waals surface area contributed by atoms with Crippen LogP contribution < -0.4 is 29.6 Å². The highest BCUT2D eigenvalue weighted by Gasteiger charge is 2.15. The summed E-state index contributed by atoms with van der Waals surface area (Å²) in [5, 5.41) is 6.66. The lowest BCUT2D eigenvalue weighted by atomic mass is 10.1. The molecule has 2 aromatic carbocycles. The second kappa shape index (κ2) is 11.8. The van der Waals surface area contributed by atoms with Gasteiger partial charge in [0.2, 0.25) is 5.75 Å². The van der Waals surface area contributed by atoms with Gasteiger partial charge >= 0.3 is 0 Å². The van der Waals surface area contributed by atoms with Crippen molar-refractivity contribution in [3.05, 3.63) is 47.0 Å². The summed E-state index contributed by atoms with van der Waals surface area (Å²) in [6.07, 6.45) is 0.828. The summed E-state index contributed by atoms with van der Waals surface area (Å²) in [6, 6.07) is 10.0. The van der Waals surface area contributed by atoms with Gasteiger partial charge in [0.15, 0.2) is 17.5 Å². The first-order chi connectivity index (χ1) is 14.6. The summed E-state index contributed by atoms with van der Waals surface area (Å²) in [4.78, 5) is 4.70. The SMILES string of the molecule is CCNC(=NCc1ccc(OC)c(OC)c1OC)NCCc1cc(C)ccc1OC. The molecular formula is C23H33N3O4. The maximum Gasteiger partial charge on any atom is 0.203 e. The average Bonchev–Trinajstić information content (AvgIpc) is 2.76. The van der Waals surface area contributed by atoms with Crippen LogP contribution in [-0.2, 0) is 13.0 Å². The summed E-state index contributed by atoms with van der Waals surface area (Å²) >= 11 is 0. The second-order valence-corrected chi connectivity index (χ2v) is 6.68. The molecule has 0 aliphatic rings. The van der Waals surface area contributed by atoms with Gasteiger partial charge in [0.25, 0.3) is 0 Å². The summed E-state index contributed by atoms with van der Waals surface area (Å²) in [5.41, 5.74) is 3.29. The van der Waals surface area contributed by atoms with Crippen molar-refractivity contribution in [1.82, 2.24) is 10.6 Å². The normalized spacial score (nSPS) is 11.1. The van der Waals surface area contributed by atoms with Crippen LogP contribution in [0, 0.1) is 6.92 Å². The quantitative estimate of drug-likeness (QED) is 0.458. The molecule has 0 amide bonds. The largest absolute Gasteiger partial charge is 0.496 e. The Kier molecular flexibility index (Phi) is 9.12. The van der Waals surface area contributed by atoms with Gasteiger partial charge in [-0.15, -0.1) is 0 Å². The molecule has 0 atom stereocenters. The van der Waals surface area contributed by atoms with Crippen molar-refractivity contribution in [2.45, 2.75) is 26.8 Å². The van der Waals surface area contributed by atoms with Gasteiger partial charge in [-0.25, -0.2) is 4.99 Å². The first kappa shape index (κ1) is 23.2. The van der Waals surface area contributed by atoms with E-state index in [4.69, 9.17) is 23.9 Å². The molecule has 0 aromatic heterocycles. The Bertz CT molecular complexity index is 853. The molecule has 0 heterocycles. The van der Waals surface area contributed by atoms with E-state index >= 15 is 0 Å². The fourth-order valence-corrected chi connectivity index (χ4v) is 3.21. The smallest absolute Gasteiger partial charge is 0.203 e. The number of nitrogens with one attached hydrogen (secondary N) is 2. The zero-order valence-corrected chi connectivity index (χ0v) is 18.8. The molecule has 0 saturated heterocycles. The fourth-order valence-electron chi connectivity index (χ4n) is 3.21. The van der Waals surface area contributed by atoms with Gasteiger partial charge in [0.1, 0.15) is 5.75 Å². The van der Waals surface area contributed by atoms with E-state index < -0.39 is 0 Å². The number of nitrogens with zero attached hydrogens (tertiary/aromatic N) is 1. The molecule has 2 rings (SSSR count). The summed E-state index contributed by atoms with van der Waals surface area (Å²) in [7, 11) is 6.51. The van der Waals surface area contributed by atoms with E-state index in [0.717, 1.165) is 36.8 Å². The van der Waals surface area contributed by atoms with Crippen molar-refractivity contribution in [3.8, 4) is 23.0 Å². The number of ether oxygens (including phenoxy) is 4. The maximum absolute atomic E-state index is 5.55. The van der Waals surface area contributed by atoms with Crippen LogP contribution in [0.1, 0.15) is 23.6 Å². The molecule has 7 nitrogen and oxygen atoms in total. The minimum atomic E-state index is 0.437. The standard InChI is InChI=1S/C23H33N3O4/c1-7-24-23(25-13-12-17-14-16(2)8-10-19(17)27-3)26-15-18-9-11-20(28-4)22(30-6)21(18)29-5/h8-11,14H,7,12-13,15H2,1-6H3,(H2,24,25,26). The van der Waals surface area contributed by atoms with E-state index in [2.05, 4.69) is 29.7 Å². The Morgan fingerprint density at radius 3 is 2.17 bits per heavy atom. The molecule has 7 heteroatoms. The number of aliphatic imine (C=N–C) groups is 1. The highest BCUT2D eigenvalue weighted by atomic mass is 16.5. The van der Waals surface area contributed by atoms with Crippen LogP contribution in [0.3, 0.4) is 0 Å². The minimum Gasteiger partial charge on any atom is -0.496 e. The van der Waals surface area contributed by atoms with Crippen LogP contribution in [0.2, 0.25) is 0 Å². The average molecular weight is 416 g/mol. The van der Waals surface area contributed by atoms with Crippen LogP contribution in [0.4, 0.5) is 0 Å². The zero-order valence-electron chi connectivity index (χ0n) is 18.8. The van der Waals surface area contributed by atoms with Gasteiger partial charge in [-0.2, -0.15) is 0 Å². The first-order valence-corrected chi connectivity index (χ1v) is 10.0. The number of rotatable bonds is 10. The van der Waals surface area contributed by atoms with Crippen molar-refractivity contribution in [2.75, 3.05) is 41.5 Å². The number of aryl methyl sites for hydroxylation is 1. The molecule has 2 aromatic rings. The van der Waals surface area contributed by atoms with E-state index in [1.165, 1.54) is 11.1 Å². The molecule has 0 saturated carbocycles. The Labute approximate surface area is 179 Å². The van der Waals surface area contributed by atoms with Gasteiger partial charge in [-0.05, 0) is 44.0 Å².